The fourth-order valence-corrected chi connectivity index (χ4v) is 2.71. The third-order valence-corrected chi connectivity index (χ3v) is 3.67. The van der Waals surface area contributed by atoms with Crippen LogP contribution in [0.1, 0.15) is 24.2 Å². The summed E-state index contributed by atoms with van der Waals surface area (Å²) in [5.74, 6) is 0.615. The molecule has 0 spiro atoms. The van der Waals surface area contributed by atoms with Crippen molar-refractivity contribution in [2.45, 2.75) is 13.8 Å². The van der Waals surface area contributed by atoms with Gasteiger partial charge in [-0.1, -0.05) is 13.8 Å². The van der Waals surface area contributed by atoms with Gasteiger partial charge in [-0.15, -0.1) is 0 Å². The zero-order chi connectivity index (χ0) is 15.4. The second-order valence-electron chi connectivity index (χ2n) is 5.80. The van der Waals surface area contributed by atoms with Crippen molar-refractivity contribution in [2.75, 3.05) is 37.6 Å². The van der Waals surface area contributed by atoms with Gasteiger partial charge in [0.15, 0.2) is 0 Å². The molecule has 0 N–H and O–H groups in total. The van der Waals surface area contributed by atoms with Crippen molar-refractivity contribution in [3.8, 4) is 0 Å². The first-order valence-corrected chi connectivity index (χ1v) is 7.22. The number of rotatable bonds is 5. The monoisotopic (exact) mass is 291 g/mol. The molecule has 1 aromatic rings. The van der Waals surface area contributed by atoms with Crippen LogP contribution in [-0.2, 0) is 0 Å². The molecule has 114 valence electrons. The van der Waals surface area contributed by atoms with Crippen LogP contribution in [0.4, 0.5) is 11.4 Å². The van der Waals surface area contributed by atoms with E-state index in [9.17, 15) is 14.9 Å². The number of benzene rings is 1. The maximum absolute atomic E-state index is 11.2. The number of hydrogen-bond donors (Lipinski definition) is 0. The predicted molar refractivity (Wildman–Crippen MR) is 82.0 cm³/mol. The van der Waals surface area contributed by atoms with Crippen LogP contribution in [0.15, 0.2) is 18.2 Å². The fraction of sp³-hybridized carbons (Fsp3) is 0.533. The second kappa shape index (κ2) is 6.67. The summed E-state index contributed by atoms with van der Waals surface area (Å²) in [6.45, 7) is 8.69. The molecule has 1 fully saturated rings. The lowest BCUT2D eigenvalue weighted by molar-refractivity contribution is -0.384. The Hall–Kier alpha value is -1.95. The molecule has 0 unspecified atom stereocenters. The molecule has 0 radical (unpaired) electrons. The van der Waals surface area contributed by atoms with E-state index in [1.807, 2.05) is 4.90 Å². The van der Waals surface area contributed by atoms with Crippen molar-refractivity contribution in [1.82, 2.24) is 4.90 Å². The number of nitrogens with zero attached hydrogens (tertiary/aromatic N) is 3. The van der Waals surface area contributed by atoms with Gasteiger partial charge in [-0.25, -0.2) is 0 Å². The Kier molecular flexibility index (Phi) is 4.90. The Morgan fingerprint density at radius 3 is 2.48 bits per heavy atom. The van der Waals surface area contributed by atoms with Crippen molar-refractivity contribution >= 4 is 17.7 Å². The van der Waals surface area contributed by atoms with Gasteiger partial charge >= 0.3 is 0 Å². The molecule has 6 nitrogen and oxygen atoms in total. The van der Waals surface area contributed by atoms with E-state index in [1.54, 1.807) is 6.07 Å². The van der Waals surface area contributed by atoms with E-state index in [-0.39, 0.29) is 10.6 Å². The number of piperazine rings is 1. The maximum atomic E-state index is 11.2. The van der Waals surface area contributed by atoms with Gasteiger partial charge in [0.25, 0.3) is 5.69 Å². The molecule has 1 saturated heterocycles. The largest absolute Gasteiger partial charge is 0.363 e. The van der Waals surface area contributed by atoms with Crippen LogP contribution in [0.5, 0.6) is 0 Å². The van der Waals surface area contributed by atoms with Gasteiger partial charge in [0.1, 0.15) is 12.0 Å². The molecule has 0 aromatic heterocycles. The minimum Gasteiger partial charge on any atom is -0.363 e. The summed E-state index contributed by atoms with van der Waals surface area (Å²) in [6.07, 6.45) is 0.724. The minimum atomic E-state index is -0.385. The number of nitro benzene ring substituents is 1. The molecule has 0 atom stereocenters. The summed E-state index contributed by atoms with van der Waals surface area (Å²) in [6, 6.07) is 4.52. The van der Waals surface area contributed by atoms with Gasteiger partial charge < -0.3 is 4.90 Å². The highest BCUT2D eigenvalue weighted by Gasteiger charge is 2.24. The van der Waals surface area contributed by atoms with Crippen molar-refractivity contribution in [2.24, 2.45) is 5.92 Å². The number of hydrogen-bond acceptors (Lipinski definition) is 5. The van der Waals surface area contributed by atoms with Crippen LogP contribution < -0.4 is 4.90 Å². The maximum Gasteiger partial charge on any atom is 0.292 e. The van der Waals surface area contributed by atoms with E-state index in [0.29, 0.717) is 17.2 Å². The fourth-order valence-electron chi connectivity index (χ4n) is 2.71. The summed E-state index contributed by atoms with van der Waals surface area (Å²) < 4.78 is 0. The SMILES string of the molecule is CC(C)CN1CCN(c2cc(C=O)ccc2[N+](=O)[O-])CC1. The Morgan fingerprint density at radius 1 is 1.29 bits per heavy atom. The molecule has 21 heavy (non-hydrogen) atoms. The van der Waals surface area contributed by atoms with E-state index < -0.39 is 0 Å². The van der Waals surface area contributed by atoms with Gasteiger partial charge in [0, 0.05) is 44.4 Å². The average molecular weight is 291 g/mol. The molecule has 0 amide bonds. The number of carbonyl (C=O) groups excluding carboxylic acids is 1. The van der Waals surface area contributed by atoms with Crippen LogP contribution in [0.2, 0.25) is 0 Å². The highest BCUT2D eigenvalue weighted by Crippen LogP contribution is 2.29. The van der Waals surface area contributed by atoms with E-state index in [1.165, 1.54) is 12.1 Å². The van der Waals surface area contributed by atoms with E-state index in [0.717, 1.165) is 39.0 Å². The molecule has 1 heterocycles. The molecule has 1 aliphatic rings. The van der Waals surface area contributed by atoms with Crippen molar-refractivity contribution in [3.05, 3.63) is 33.9 Å². The molecule has 0 saturated carbocycles. The highest BCUT2D eigenvalue weighted by molar-refractivity contribution is 5.80. The topological polar surface area (TPSA) is 66.7 Å². The Morgan fingerprint density at radius 2 is 1.95 bits per heavy atom. The number of carbonyl (C=O) groups is 1. The summed E-state index contributed by atoms with van der Waals surface area (Å²) in [5.41, 5.74) is 1.09. The van der Waals surface area contributed by atoms with Gasteiger partial charge in [0.2, 0.25) is 0 Å². The third kappa shape index (κ3) is 3.78. The van der Waals surface area contributed by atoms with Gasteiger partial charge in [-0.05, 0) is 18.1 Å². The smallest absolute Gasteiger partial charge is 0.292 e. The van der Waals surface area contributed by atoms with Gasteiger partial charge in [-0.3, -0.25) is 19.8 Å². The Bertz CT molecular complexity index is 523. The lowest BCUT2D eigenvalue weighted by atomic mass is 10.1. The Labute approximate surface area is 124 Å². The number of nitro groups is 1. The minimum absolute atomic E-state index is 0.0675. The first-order chi connectivity index (χ1) is 10.0. The molecule has 0 aliphatic carbocycles. The molecule has 2 rings (SSSR count). The third-order valence-electron chi connectivity index (χ3n) is 3.67. The molecular weight excluding hydrogens is 270 g/mol. The van der Waals surface area contributed by atoms with E-state index >= 15 is 0 Å². The van der Waals surface area contributed by atoms with Gasteiger partial charge in [0.05, 0.1) is 4.92 Å². The summed E-state index contributed by atoms with van der Waals surface area (Å²) >= 11 is 0. The molecule has 1 aliphatic heterocycles. The van der Waals surface area contributed by atoms with E-state index in [4.69, 9.17) is 0 Å². The first kappa shape index (κ1) is 15.4. The molecular formula is C15H21N3O3. The average Bonchev–Trinajstić information content (AvgIpc) is 2.46. The van der Waals surface area contributed by atoms with Crippen LogP contribution in [0.25, 0.3) is 0 Å². The normalized spacial score (nSPS) is 16.2. The highest BCUT2D eigenvalue weighted by atomic mass is 16.6. The van der Waals surface area contributed by atoms with Crippen molar-refractivity contribution in [1.29, 1.82) is 0 Å². The summed E-state index contributed by atoms with van der Waals surface area (Å²) in [7, 11) is 0. The standard InChI is InChI=1S/C15H21N3O3/c1-12(2)10-16-5-7-17(8-6-16)15-9-13(11-19)3-4-14(15)18(20)21/h3-4,9,11-12H,5-8,10H2,1-2H3. The molecule has 0 bridgehead atoms. The summed E-state index contributed by atoms with van der Waals surface area (Å²) in [4.78, 5) is 26.0. The summed E-state index contributed by atoms with van der Waals surface area (Å²) in [5, 5.41) is 11.2. The zero-order valence-electron chi connectivity index (χ0n) is 12.5. The van der Waals surface area contributed by atoms with Crippen LogP contribution in [-0.4, -0.2) is 48.8 Å². The molecule has 1 aromatic carbocycles. The van der Waals surface area contributed by atoms with Crippen LogP contribution >= 0.6 is 0 Å². The van der Waals surface area contributed by atoms with Crippen molar-refractivity contribution < 1.29 is 9.72 Å². The Balaban J connectivity index is 2.15. The van der Waals surface area contributed by atoms with Crippen LogP contribution in [0, 0.1) is 16.0 Å². The van der Waals surface area contributed by atoms with Crippen molar-refractivity contribution in [3.63, 3.8) is 0 Å². The number of anilines is 1. The lowest BCUT2D eigenvalue weighted by Crippen LogP contribution is -2.47. The lowest BCUT2D eigenvalue weighted by Gasteiger charge is -2.36. The molecule has 6 heteroatoms. The van der Waals surface area contributed by atoms with Gasteiger partial charge in [-0.2, -0.15) is 0 Å². The zero-order valence-corrected chi connectivity index (χ0v) is 12.5. The van der Waals surface area contributed by atoms with Crippen LogP contribution in [0.3, 0.4) is 0 Å². The number of aldehydes is 1. The quantitative estimate of drug-likeness (QED) is 0.472. The predicted octanol–water partition coefficient (Wildman–Crippen LogP) is 2.19. The second-order valence-corrected chi connectivity index (χ2v) is 5.80. The first-order valence-electron chi connectivity index (χ1n) is 7.22. The van der Waals surface area contributed by atoms with E-state index in [2.05, 4.69) is 18.7 Å².